The van der Waals surface area contributed by atoms with Crippen molar-refractivity contribution >= 4 is 21.6 Å². The molecular weight excluding hydrogens is 280 g/mol. The molecule has 4 heteroatoms. The first-order valence-corrected chi connectivity index (χ1v) is 6.84. The topological polar surface area (TPSA) is 47.3 Å². The SMILES string of the molecule is COc1cc(NC2CCCC(N)C2)ccc1Br. The summed E-state index contributed by atoms with van der Waals surface area (Å²) in [5, 5.41) is 3.53. The number of anilines is 1. The quantitative estimate of drug-likeness (QED) is 0.901. The molecule has 0 bridgehead atoms. The lowest BCUT2D eigenvalue weighted by Crippen LogP contribution is -2.34. The average molecular weight is 299 g/mol. The molecule has 3 nitrogen and oxygen atoms in total. The van der Waals surface area contributed by atoms with Crippen molar-refractivity contribution in [2.75, 3.05) is 12.4 Å². The third-order valence-corrected chi connectivity index (χ3v) is 3.89. The van der Waals surface area contributed by atoms with E-state index in [9.17, 15) is 0 Å². The van der Waals surface area contributed by atoms with Crippen molar-refractivity contribution in [3.05, 3.63) is 22.7 Å². The summed E-state index contributed by atoms with van der Waals surface area (Å²) in [6.07, 6.45) is 4.62. The molecule has 0 aromatic heterocycles. The summed E-state index contributed by atoms with van der Waals surface area (Å²) in [5.74, 6) is 0.857. The van der Waals surface area contributed by atoms with E-state index in [1.54, 1.807) is 7.11 Å². The van der Waals surface area contributed by atoms with E-state index in [2.05, 4.69) is 27.3 Å². The van der Waals surface area contributed by atoms with Crippen LogP contribution in [0.4, 0.5) is 5.69 Å². The third kappa shape index (κ3) is 3.36. The third-order valence-electron chi connectivity index (χ3n) is 3.24. The molecule has 94 valence electrons. The van der Waals surface area contributed by atoms with E-state index < -0.39 is 0 Å². The Balaban J connectivity index is 2.02. The van der Waals surface area contributed by atoms with Gasteiger partial charge in [0.1, 0.15) is 5.75 Å². The molecule has 2 rings (SSSR count). The lowest BCUT2D eigenvalue weighted by molar-refractivity contribution is 0.407. The van der Waals surface area contributed by atoms with Gasteiger partial charge in [-0.25, -0.2) is 0 Å². The molecule has 0 saturated heterocycles. The molecule has 1 aliphatic carbocycles. The minimum Gasteiger partial charge on any atom is -0.495 e. The Morgan fingerprint density at radius 2 is 2.24 bits per heavy atom. The maximum Gasteiger partial charge on any atom is 0.135 e. The van der Waals surface area contributed by atoms with Gasteiger partial charge < -0.3 is 15.8 Å². The zero-order valence-corrected chi connectivity index (χ0v) is 11.7. The number of nitrogens with one attached hydrogen (secondary N) is 1. The van der Waals surface area contributed by atoms with E-state index >= 15 is 0 Å². The van der Waals surface area contributed by atoms with E-state index in [4.69, 9.17) is 10.5 Å². The summed E-state index contributed by atoms with van der Waals surface area (Å²) in [5.41, 5.74) is 7.09. The number of benzene rings is 1. The van der Waals surface area contributed by atoms with Gasteiger partial charge in [0.15, 0.2) is 0 Å². The molecule has 0 spiro atoms. The molecule has 1 aliphatic rings. The zero-order valence-electron chi connectivity index (χ0n) is 10.1. The highest BCUT2D eigenvalue weighted by atomic mass is 79.9. The van der Waals surface area contributed by atoms with Gasteiger partial charge in [-0.2, -0.15) is 0 Å². The number of rotatable bonds is 3. The molecule has 1 aromatic rings. The summed E-state index contributed by atoms with van der Waals surface area (Å²) in [6, 6.07) is 6.92. The average Bonchev–Trinajstić information content (AvgIpc) is 2.32. The smallest absolute Gasteiger partial charge is 0.135 e. The molecule has 1 fully saturated rings. The molecular formula is C13H19BrN2O. The summed E-state index contributed by atoms with van der Waals surface area (Å²) in [7, 11) is 1.68. The van der Waals surface area contributed by atoms with Gasteiger partial charge in [-0.3, -0.25) is 0 Å². The first-order chi connectivity index (χ1) is 8.19. The maximum atomic E-state index is 5.99. The van der Waals surface area contributed by atoms with Crippen LogP contribution in [0.2, 0.25) is 0 Å². The van der Waals surface area contributed by atoms with Crippen molar-refractivity contribution in [1.82, 2.24) is 0 Å². The first-order valence-electron chi connectivity index (χ1n) is 6.04. The number of nitrogens with two attached hydrogens (primary N) is 1. The van der Waals surface area contributed by atoms with Gasteiger partial charge >= 0.3 is 0 Å². The van der Waals surface area contributed by atoms with Gasteiger partial charge in [-0.15, -0.1) is 0 Å². The van der Waals surface area contributed by atoms with Crippen LogP contribution in [0.1, 0.15) is 25.7 Å². The second-order valence-corrected chi connectivity index (χ2v) is 5.47. The lowest BCUT2D eigenvalue weighted by Gasteiger charge is -2.28. The van der Waals surface area contributed by atoms with Crippen molar-refractivity contribution in [2.45, 2.75) is 37.8 Å². The maximum absolute atomic E-state index is 5.99. The van der Waals surface area contributed by atoms with Crippen LogP contribution in [0.5, 0.6) is 5.75 Å². The van der Waals surface area contributed by atoms with Crippen molar-refractivity contribution < 1.29 is 4.74 Å². The minimum absolute atomic E-state index is 0.346. The summed E-state index contributed by atoms with van der Waals surface area (Å²) in [6.45, 7) is 0. The number of hydrogen-bond acceptors (Lipinski definition) is 3. The molecule has 0 amide bonds. The fraction of sp³-hybridized carbons (Fsp3) is 0.538. The summed E-state index contributed by atoms with van der Waals surface area (Å²) >= 11 is 3.45. The van der Waals surface area contributed by atoms with E-state index in [1.807, 2.05) is 12.1 Å². The Labute approximate surface area is 111 Å². The molecule has 1 aromatic carbocycles. The van der Waals surface area contributed by atoms with Crippen LogP contribution in [0, 0.1) is 0 Å². The van der Waals surface area contributed by atoms with Crippen LogP contribution < -0.4 is 15.8 Å². The Morgan fingerprint density at radius 1 is 1.41 bits per heavy atom. The number of ether oxygens (including phenoxy) is 1. The molecule has 0 heterocycles. The van der Waals surface area contributed by atoms with Gasteiger partial charge in [-0.1, -0.05) is 0 Å². The largest absolute Gasteiger partial charge is 0.495 e. The number of hydrogen-bond donors (Lipinski definition) is 2. The normalized spacial score (nSPS) is 24.4. The van der Waals surface area contributed by atoms with Crippen LogP contribution >= 0.6 is 15.9 Å². The van der Waals surface area contributed by atoms with Gasteiger partial charge in [-0.05, 0) is 53.7 Å². The van der Waals surface area contributed by atoms with Gasteiger partial charge in [0.05, 0.1) is 11.6 Å². The fourth-order valence-corrected chi connectivity index (χ4v) is 2.75. The zero-order chi connectivity index (χ0) is 12.3. The lowest BCUT2D eigenvalue weighted by atomic mass is 9.91. The highest BCUT2D eigenvalue weighted by Crippen LogP contribution is 2.29. The Bertz CT molecular complexity index is 384. The minimum atomic E-state index is 0.346. The van der Waals surface area contributed by atoms with E-state index in [-0.39, 0.29) is 0 Å². The Hall–Kier alpha value is -0.740. The monoisotopic (exact) mass is 298 g/mol. The van der Waals surface area contributed by atoms with Crippen LogP contribution in [-0.4, -0.2) is 19.2 Å². The number of halogens is 1. The van der Waals surface area contributed by atoms with Gasteiger partial charge in [0.25, 0.3) is 0 Å². The van der Waals surface area contributed by atoms with Crippen molar-refractivity contribution in [3.8, 4) is 5.75 Å². The molecule has 3 N–H and O–H groups in total. The highest BCUT2D eigenvalue weighted by molar-refractivity contribution is 9.10. The van der Waals surface area contributed by atoms with Crippen molar-refractivity contribution in [2.24, 2.45) is 5.73 Å². The Morgan fingerprint density at radius 3 is 2.94 bits per heavy atom. The summed E-state index contributed by atoms with van der Waals surface area (Å²) < 4.78 is 6.26. The molecule has 2 unspecified atom stereocenters. The Kier molecular flexibility index (Phi) is 4.29. The molecule has 0 aliphatic heterocycles. The predicted octanol–water partition coefficient (Wildman–Crippen LogP) is 3.14. The van der Waals surface area contributed by atoms with Crippen LogP contribution in [-0.2, 0) is 0 Å². The second kappa shape index (κ2) is 5.74. The van der Waals surface area contributed by atoms with E-state index in [0.29, 0.717) is 12.1 Å². The van der Waals surface area contributed by atoms with E-state index in [0.717, 1.165) is 28.8 Å². The first kappa shape index (κ1) is 12.7. The van der Waals surface area contributed by atoms with Gasteiger partial charge in [0.2, 0.25) is 0 Å². The van der Waals surface area contributed by atoms with Crippen LogP contribution in [0.15, 0.2) is 22.7 Å². The highest BCUT2D eigenvalue weighted by Gasteiger charge is 2.19. The molecule has 1 saturated carbocycles. The van der Waals surface area contributed by atoms with Crippen LogP contribution in [0.3, 0.4) is 0 Å². The second-order valence-electron chi connectivity index (χ2n) is 4.62. The predicted molar refractivity (Wildman–Crippen MR) is 74.5 cm³/mol. The summed E-state index contributed by atoms with van der Waals surface area (Å²) in [4.78, 5) is 0. The molecule has 2 atom stereocenters. The fourth-order valence-electron chi connectivity index (χ4n) is 2.34. The van der Waals surface area contributed by atoms with Gasteiger partial charge in [0, 0.05) is 23.8 Å². The van der Waals surface area contributed by atoms with Crippen LogP contribution in [0.25, 0.3) is 0 Å². The van der Waals surface area contributed by atoms with Crippen molar-refractivity contribution in [1.29, 1.82) is 0 Å². The number of methoxy groups -OCH3 is 1. The molecule has 0 radical (unpaired) electrons. The molecule has 17 heavy (non-hydrogen) atoms. The standard InChI is InChI=1S/C13H19BrN2O/c1-17-13-8-11(5-6-12(13)14)16-10-4-2-3-9(15)7-10/h5-6,8-10,16H,2-4,7,15H2,1H3. The van der Waals surface area contributed by atoms with E-state index in [1.165, 1.54) is 12.8 Å². The van der Waals surface area contributed by atoms with Crippen molar-refractivity contribution in [3.63, 3.8) is 0 Å².